The van der Waals surface area contributed by atoms with Crippen LogP contribution in [0.15, 0.2) is 12.1 Å². The molecule has 1 aromatic carbocycles. The van der Waals surface area contributed by atoms with E-state index in [-0.39, 0.29) is 24.8 Å². The normalized spacial score (nSPS) is 27.4. The van der Waals surface area contributed by atoms with Crippen molar-refractivity contribution in [3.05, 3.63) is 22.7 Å². The molecule has 146 valence electrons. The summed E-state index contributed by atoms with van der Waals surface area (Å²) in [5, 5.41) is 13.8. The summed E-state index contributed by atoms with van der Waals surface area (Å²) >= 11 is 6.32. The monoisotopic (exact) mass is 394 g/mol. The van der Waals surface area contributed by atoms with Crippen molar-refractivity contribution in [3.63, 3.8) is 0 Å². The quantitative estimate of drug-likeness (QED) is 0.785. The zero-order valence-corrected chi connectivity index (χ0v) is 15.8. The first-order valence-electron chi connectivity index (χ1n) is 9.32. The lowest BCUT2D eigenvalue weighted by atomic mass is 9.71. The van der Waals surface area contributed by atoms with Crippen molar-refractivity contribution >= 4 is 23.4 Å². The van der Waals surface area contributed by atoms with Gasteiger partial charge in [0, 0.05) is 30.7 Å². The van der Waals surface area contributed by atoms with Crippen LogP contribution in [0.5, 0.6) is 11.5 Å². The fourth-order valence-electron chi connectivity index (χ4n) is 4.17. The van der Waals surface area contributed by atoms with Gasteiger partial charge >= 0.3 is 0 Å². The van der Waals surface area contributed by atoms with E-state index >= 15 is 0 Å². The third-order valence-electron chi connectivity index (χ3n) is 5.73. The molecule has 1 aromatic rings. The molecule has 3 heterocycles. The number of rotatable bonds is 2. The van der Waals surface area contributed by atoms with Gasteiger partial charge in [-0.05, 0) is 30.9 Å². The van der Waals surface area contributed by atoms with Crippen molar-refractivity contribution in [2.75, 3.05) is 32.8 Å². The molecule has 4 rings (SSSR count). The summed E-state index contributed by atoms with van der Waals surface area (Å²) in [6.07, 6.45) is 1.18. The van der Waals surface area contributed by atoms with Gasteiger partial charge in [0.25, 0.3) is 0 Å². The second-order valence-corrected chi connectivity index (χ2v) is 7.81. The van der Waals surface area contributed by atoms with Gasteiger partial charge in [0.1, 0.15) is 13.2 Å². The Morgan fingerprint density at radius 2 is 2.07 bits per heavy atom. The van der Waals surface area contributed by atoms with Crippen LogP contribution in [-0.2, 0) is 16.0 Å². The topological polar surface area (TPSA) is 88.1 Å². The van der Waals surface area contributed by atoms with Crippen LogP contribution in [0.25, 0.3) is 0 Å². The maximum Gasteiger partial charge on any atom is 0.230 e. The number of nitrogens with zero attached hydrogens (tertiary/aromatic N) is 1. The summed E-state index contributed by atoms with van der Waals surface area (Å²) in [6.45, 7) is 2.22. The molecule has 2 atom stereocenters. The number of hydrogen-bond donors (Lipinski definition) is 2. The number of aliphatic hydroxyl groups is 1. The van der Waals surface area contributed by atoms with E-state index in [4.69, 9.17) is 21.1 Å². The second kappa shape index (κ2) is 7.20. The largest absolute Gasteiger partial charge is 0.486 e. The molecule has 7 nitrogen and oxygen atoms in total. The molecule has 2 fully saturated rings. The van der Waals surface area contributed by atoms with E-state index < -0.39 is 11.5 Å². The van der Waals surface area contributed by atoms with Gasteiger partial charge < -0.3 is 24.8 Å². The Hall–Kier alpha value is -1.99. The van der Waals surface area contributed by atoms with Gasteiger partial charge in [-0.2, -0.15) is 0 Å². The number of likely N-dealkylation sites (tertiary alicyclic amines) is 1. The van der Waals surface area contributed by atoms with Crippen molar-refractivity contribution in [2.24, 2.45) is 5.41 Å². The van der Waals surface area contributed by atoms with Crippen LogP contribution >= 0.6 is 11.6 Å². The summed E-state index contributed by atoms with van der Waals surface area (Å²) < 4.78 is 11.1. The Labute approximate surface area is 162 Å². The molecule has 1 spiro atoms. The van der Waals surface area contributed by atoms with E-state index in [1.807, 2.05) is 0 Å². The molecule has 2 N–H and O–H groups in total. The summed E-state index contributed by atoms with van der Waals surface area (Å²) in [6, 6.07) is 3.42. The molecule has 3 aliphatic heterocycles. The maximum atomic E-state index is 12.9. The molecule has 0 aliphatic carbocycles. The summed E-state index contributed by atoms with van der Waals surface area (Å²) in [4.78, 5) is 27.0. The van der Waals surface area contributed by atoms with E-state index in [0.717, 1.165) is 6.42 Å². The first-order valence-corrected chi connectivity index (χ1v) is 9.69. The first-order chi connectivity index (χ1) is 13.0. The highest BCUT2D eigenvalue weighted by molar-refractivity contribution is 6.31. The molecule has 0 radical (unpaired) electrons. The molecule has 8 heteroatoms. The number of ether oxygens (including phenoxy) is 2. The minimum atomic E-state index is -0.900. The van der Waals surface area contributed by atoms with E-state index in [0.29, 0.717) is 61.2 Å². The number of benzene rings is 1. The van der Waals surface area contributed by atoms with Gasteiger partial charge in [0.2, 0.25) is 11.8 Å². The lowest BCUT2D eigenvalue weighted by Gasteiger charge is -2.46. The molecule has 0 bridgehead atoms. The van der Waals surface area contributed by atoms with Crippen LogP contribution in [-0.4, -0.2) is 60.8 Å². The summed E-state index contributed by atoms with van der Waals surface area (Å²) in [5.74, 6) is 0.904. The van der Waals surface area contributed by atoms with Crippen LogP contribution in [0.4, 0.5) is 0 Å². The lowest BCUT2D eigenvalue weighted by molar-refractivity contribution is -0.154. The Kier molecular flexibility index (Phi) is 4.90. The summed E-state index contributed by atoms with van der Waals surface area (Å²) in [7, 11) is 0. The van der Waals surface area contributed by atoms with Gasteiger partial charge in [-0.1, -0.05) is 11.6 Å². The Balaban J connectivity index is 1.51. The SMILES string of the molecule is O=C(Cc1cc2c(cc1Cl)OCCO2)N1CC[C@@H](O)[C@@]2(CCCNC2=O)C1. The number of piperidine rings is 2. The minimum absolute atomic E-state index is 0.113. The Morgan fingerprint density at radius 3 is 2.81 bits per heavy atom. The Bertz CT molecular complexity index is 771. The van der Waals surface area contributed by atoms with Gasteiger partial charge in [-0.15, -0.1) is 0 Å². The highest BCUT2D eigenvalue weighted by Crippen LogP contribution is 2.38. The third kappa shape index (κ3) is 3.34. The number of hydrogen-bond acceptors (Lipinski definition) is 5. The van der Waals surface area contributed by atoms with Gasteiger partial charge in [0.05, 0.1) is 17.9 Å². The smallest absolute Gasteiger partial charge is 0.230 e. The molecule has 2 saturated heterocycles. The molecule has 3 aliphatic rings. The number of aliphatic hydroxyl groups excluding tert-OH is 1. The van der Waals surface area contributed by atoms with Crippen molar-refractivity contribution in [1.82, 2.24) is 10.2 Å². The number of carbonyl (C=O) groups is 2. The molecular weight excluding hydrogens is 372 g/mol. The predicted molar refractivity (Wildman–Crippen MR) is 98.0 cm³/mol. The van der Waals surface area contributed by atoms with Crippen molar-refractivity contribution in [3.8, 4) is 11.5 Å². The zero-order valence-electron chi connectivity index (χ0n) is 15.0. The van der Waals surface area contributed by atoms with Gasteiger partial charge in [-0.3, -0.25) is 9.59 Å². The van der Waals surface area contributed by atoms with E-state index in [1.54, 1.807) is 17.0 Å². The molecule has 27 heavy (non-hydrogen) atoms. The standard InChI is InChI=1S/C19H23ClN2O5/c20-13-10-15-14(26-6-7-27-15)8-12(13)9-17(24)22-5-2-16(23)19(11-22)3-1-4-21-18(19)25/h8,10,16,23H,1-7,9,11H2,(H,21,25)/t16-,19-/m1/s1. The molecule has 0 unspecified atom stereocenters. The second-order valence-electron chi connectivity index (χ2n) is 7.40. The van der Waals surface area contributed by atoms with Crippen molar-refractivity contribution < 1.29 is 24.2 Å². The lowest BCUT2D eigenvalue weighted by Crippen LogP contribution is -2.62. The minimum Gasteiger partial charge on any atom is -0.486 e. The summed E-state index contributed by atoms with van der Waals surface area (Å²) in [5.41, 5.74) is -0.234. The van der Waals surface area contributed by atoms with E-state index in [1.165, 1.54) is 0 Å². The number of amides is 2. The zero-order chi connectivity index (χ0) is 19.0. The van der Waals surface area contributed by atoms with Crippen LogP contribution in [0.3, 0.4) is 0 Å². The number of nitrogens with one attached hydrogen (secondary N) is 1. The molecule has 0 aromatic heterocycles. The Morgan fingerprint density at radius 1 is 1.33 bits per heavy atom. The van der Waals surface area contributed by atoms with E-state index in [2.05, 4.69) is 5.32 Å². The average molecular weight is 395 g/mol. The average Bonchev–Trinajstić information content (AvgIpc) is 2.66. The first kappa shape index (κ1) is 18.4. The number of fused-ring (bicyclic) bond motifs is 1. The molecular formula is C19H23ClN2O5. The van der Waals surface area contributed by atoms with Crippen LogP contribution in [0.2, 0.25) is 5.02 Å². The van der Waals surface area contributed by atoms with E-state index in [9.17, 15) is 14.7 Å². The molecule has 2 amide bonds. The van der Waals surface area contributed by atoms with Crippen LogP contribution < -0.4 is 14.8 Å². The predicted octanol–water partition coefficient (Wildman–Crippen LogP) is 1.14. The fourth-order valence-corrected chi connectivity index (χ4v) is 4.39. The fraction of sp³-hybridized carbons (Fsp3) is 0.579. The third-order valence-corrected chi connectivity index (χ3v) is 6.08. The van der Waals surface area contributed by atoms with Gasteiger partial charge in [-0.25, -0.2) is 0 Å². The maximum absolute atomic E-state index is 12.9. The van der Waals surface area contributed by atoms with Gasteiger partial charge in [0.15, 0.2) is 11.5 Å². The highest BCUT2D eigenvalue weighted by atomic mass is 35.5. The van der Waals surface area contributed by atoms with Crippen LogP contribution in [0.1, 0.15) is 24.8 Å². The highest BCUT2D eigenvalue weighted by Gasteiger charge is 2.50. The van der Waals surface area contributed by atoms with Crippen molar-refractivity contribution in [1.29, 1.82) is 0 Å². The molecule has 0 saturated carbocycles. The number of halogens is 1. The number of carbonyl (C=O) groups excluding carboxylic acids is 2. The van der Waals surface area contributed by atoms with Crippen molar-refractivity contribution in [2.45, 2.75) is 31.8 Å². The van der Waals surface area contributed by atoms with Crippen LogP contribution in [0, 0.1) is 5.41 Å².